The van der Waals surface area contributed by atoms with E-state index in [2.05, 4.69) is 9.99 Å². The largest absolute Gasteiger partial charge is 0.332 e. The Hall–Kier alpha value is -1.62. The number of benzene rings is 1. The van der Waals surface area contributed by atoms with Gasteiger partial charge in [0.25, 0.3) is 0 Å². The molecular weight excluding hydrogens is 250 g/mol. The molecule has 0 N–H and O–H groups in total. The number of nitrogens with zero attached hydrogens (tertiary/aromatic N) is 1. The van der Waals surface area contributed by atoms with Crippen molar-refractivity contribution in [3.8, 4) is 0 Å². The van der Waals surface area contributed by atoms with Gasteiger partial charge in [-0.15, -0.1) is 0 Å². The molecule has 0 aliphatic carbocycles. The minimum atomic E-state index is -0.539. The molecule has 4 nitrogen and oxygen atoms in total. The van der Waals surface area contributed by atoms with Crippen molar-refractivity contribution in [3.63, 3.8) is 0 Å². The van der Waals surface area contributed by atoms with Crippen LogP contribution in [0.4, 0.5) is 0 Å². The van der Waals surface area contributed by atoms with Crippen molar-refractivity contribution in [2.24, 2.45) is 5.16 Å². The molecular formula is C13H16NO3S+. The highest BCUT2D eigenvalue weighted by Crippen LogP contribution is 2.04. The molecule has 0 saturated heterocycles. The van der Waals surface area contributed by atoms with Crippen molar-refractivity contribution in [2.45, 2.75) is 6.92 Å². The Balaban J connectivity index is 2.99. The van der Waals surface area contributed by atoms with E-state index in [0.29, 0.717) is 11.3 Å². The summed E-state index contributed by atoms with van der Waals surface area (Å²) < 4.78 is 0. The molecule has 0 aliphatic heterocycles. The van der Waals surface area contributed by atoms with Gasteiger partial charge in [0.1, 0.15) is 0 Å². The van der Waals surface area contributed by atoms with Crippen molar-refractivity contribution >= 4 is 28.4 Å². The molecule has 0 unspecified atom stereocenters. The summed E-state index contributed by atoms with van der Waals surface area (Å²) >= 11 is 0. The zero-order valence-corrected chi connectivity index (χ0v) is 11.5. The molecule has 0 bridgehead atoms. The second kappa shape index (κ2) is 6.96. The van der Waals surface area contributed by atoms with Gasteiger partial charge in [-0.2, -0.15) is 0 Å². The molecule has 0 spiro atoms. The van der Waals surface area contributed by atoms with Crippen LogP contribution in [0.25, 0.3) is 0 Å². The number of Topliss-reactive ketones (excluding diaryl/α,β-unsaturated/α-hetero) is 1. The molecule has 1 aromatic rings. The quantitative estimate of drug-likeness (QED) is 0.350. The summed E-state index contributed by atoms with van der Waals surface area (Å²) in [6.45, 7) is 1.25. The Morgan fingerprint density at radius 2 is 1.83 bits per heavy atom. The number of oxime groups is 1. The highest BCUT2D eigenvalue weighted by molar-refractivity contribution is 7.96. The van der Waals surface area contributed by atoms with Crippen molar-refractivity contribution in [3.05, 3.63) is 35.9 Å². The number of hydrogen-bond donors (Lipinski definition) is 0. The Morgan fingerprint density at radius 3 is 2.33 bits per heavy atom. The van der Waals surface area contributed by atoms with Crippen molar-refractivity contribution in [1.82, 2.24) is 0 Å². The van der Waals surface area contributed by atoms with Gasteiger partial charge in [0.2, 0.25) is 5.78 Å². The van der Waals surface area contributed by atoms with Gasteiger partial charge >= 0.3 is 5.97 Å². The van der Waals surface area contributed by atoms with E-state index in [1.165, 1.54) is 6.92 Å². The first kappa shape index (κ1) is 14.4. The molecule has 0 fully saturated rings. The van der Waals surface area contributed by atoms with Gasteiger partial charge in [-0.3, -0.25) is 4.79 Å². The van der Waals surface area contributed by atoms with Crippen LogP contribution in [0, 0.1) is 0 Å². The third-order valence-corrected chi connectivity index (χ3v) is 2.84. The summed E-state index contributed by atoms with van der Waals surface area (Å²) in [5.74, 6) is -0.256. The van der Waals surface area contributed by atoms with Crippen LogP contribution in [-0.4, -0.2) is 35.7 Å². The zero-order chi connectivity index (χ0) is 13.5. The number of ketones is 1. The van der Waals surface area contributed by atoms with E-state index in [9.17, 15) is 9.59 Å². The molecule has 0 aliphatic rings. The molecule has 1 aromatic carbocycles. The second-order valence-corrected chi connectivity index (χ2v) is 6.20. The van der Waals surface area contributed by atoms with Gasteiger partial charge in [0.05, 0.1) is 12.5 Å². The molecule has 18 heavy (non-hydrogen) atoms. The molecule has 0 radical (unpaired) electrons. The lowest BCUT2D eigenvalue weighted by Gasteiger charge is -2.03. The first-order chi connectivity index (χ1) is 8.50. The van der Waals surface area contributed by atoms with Crippen molar-refractivity contribution in [2.75, 3.05) is 18.3 Å². The average molecular weight is 266 g/mol. The maximum atomic E-state index is 12.1. The number of carbonyl (C=O) groups is 2. The number of rotatable bonds is 5. The van der Waals surface area contributed by atoms with Crippen molar-refractivity contribution in [1.29, 1.82) is 0 Å². The van der Waals surface area contributed by atoms with Crippen LogP contribution in [0.5, 0.6) is 0 Å². The summed E-state index contributed by atoms with van der Waals surface area (Å²) in [4.78, 5) is 27.4. The Bertz CT molecular complexity index is 455. The fourth-order valence-corrected chi connectivity index (χ4v) is 1.96. The summed E-state index contributed by atoms with van der Waals surface area (Å²) in [5.41, 5.74) is 0.862. The average Bonchev–Trinajstić information content (AvgIpc) is 2.29. The molecule has 0 saturated carbocycles. The first-order valence-electron chi connectivity index (χ1n) is 5.39. The highest BCUT2D eigenvalue weighted by atomic mass is 32.2. The Labute approximate surface area is 109 Å². The van der Waals surface area contributed by atoms with Crippen LogP contribution in [0.3, 0.4) is 0 Å². The number of hydrogen-bond acceptors (Lipinski definition) is 4. The molecule has 0 atom stereocenters. The lowest BCUT2D eigenvalue weighted by molar-refractivity contribution is -0.140. The van der Waals surface area contributed by atoms with Gasteiger partial charge in [-0.05, 0) is 10.9 Å². The molecule has 96 valence electrons. The minimum absolute atomic E-state index is 0.0252. The first-order valence-corrected chi connectivity index (χ1v) is 7.60. The summed E-state index contributed by atoms with van der Waals surface area (Å²) in [5, 5.41) is 3.67. The second-order valence-electron chi connectivity index (χ2n) is 3.94. The number of carbonyl (C=O) groups excluding carboxylic acids is 2. The Kier molecular flexibility index (Phi) is 5.58. The van der Waals surface area contributed by atoms with E-state index in [1.54, 1.807) is 12.1 Å². The topological polar surface area (TPSA) is 55.7 Å². The summed E-state index contributed by atoms with van der Waals surface area (Å²) in [6.07, 6.45) is 3.96. The van der Waals surface area contributed by atoms with Crippen LogP contribution >= 0.6 is 0 Å². The SMILES string of the molecule is CC(=O)ON=C(C(=O)C[S+](C)C)c1ccccc1. The van der Waals surface area contributed by atoms with Gasteiger partial charge in [0.15, 0.2) is 11.5 Å². The maximum Gasteiger partial charge on any atom is 0.332 e. The van der Waals surface area contributed by atoms with Gasteiger partial charge in [-0.25, -0.2) is 4.79 Å². The maximum absolute atomic E-state index is 12.1. The molecule has 1 rings (SSSR count). The van der Waals surface area contributed by atoms with E-state index in [-0.39, 0.29) is 22.4 Å². The van der Waals surface area contributed by atoms with Crippen LogP contribution in [0.2, 0.25) is 0 Å². The van der Waals surface area contributed by atoms with Gasteiger partial charge in [-0.1, -0.05) is 35.5 Å². The van der Waals surface area contributed by atoms with Gasteiger partial charge < -0.3 is 4.84 Å². The van der Waals surface area contributed by atoms with E-state index >= 15 is 0 Å². The van der Waals surface area contributed by atoms with E-state index in [0.717, 1.165) is 0 Å². The fraction of sp³-hybridized carbons (Fsp3) is 0.308. The van der Waals surface area contributed by atoms with Gasteiger partial charge in [0, 0.05) is 12.5 Å². The predicted octanol–water partition coefficient (Wildman–Crippen LogP) is 1.40. The van der Waals surface area contributed by atoms with E-state index in [1.807, 2.05) is 30.7 Å². The lowest BCUT2D eigenvalue weighted by Crippen LogP contribution is -2.24. The van der Waals surface area contributed by atoms with Crippen LogP contribution < -0.4 is 0 Å². The minimum Gasteiger partial charge on any atom is -0.318 e. The standard InChI is InChI=1S/C13H16NO3S/c1-10(15)17-14-13(12(16)9-18(2)3)11-7-5-4-6-8-11/h4-8H,9H2,1-3H3/q+1. The van der Waals surface area contributed by atoms with E-state index < -0.39 is 5.97 Å². The highest BCUT2D eigenvalue weighted by Gasteiger charge is 2.20. The smallest absolute Gasteiger partial charge is 0.318 e. The predicted molar refractivity (Wildman–Crippen MR) is 73.8 cm³/mol. The Morgan fingerprint density at radius 1 is 1.22 bits per heavy atom. The van der Waals surface area contributed by atoms with Crippen LogP contribution in [-0.2, 0) is 25.3 Å². The van der Waals surface area contributed by atoms with E-state index in [4.69, 9.17) is 0 Å². The normalized spacial score (nSPS) is 11.4. The molecule has 0 heterocycles. The molecule has 5 heteroatoms. The zero-order valence-electron chi connectivity index (χ0n) is 10.7. The van der Waals surface area contributed by atoms with Crippen LogP contribution in [0.15, 0.2) is 35.5 Å². The van der Waals surface area contributed by atoms with Crippen LogP contribution in [0.1, 0.15) is 12.5 Å². The summed E-state index contributed by atoms with van der Waals surface area (Å²) in [7, 11) is -0.0252. The molecule has 0 aromatic heterocycles. The lowest BCUT2D eigenvalue weighted by atomic mass is 10.1. The van der Waals surface area contributed by atoms with Crippen molar-refractivity contribution < 1.29 is 14.4 Å². The fourth-order valence-electron chi connectivity index (χ4n) is 1.30. The molecule has 0 amide bonds. The third kappa shape index (κ3) is 4.71. The third-order valence-electron chi connectivity index (χ3n) is 2.00. The summed E-state index contributed by atoms with van der Waals surface area (Å²) in [6, 6.07) is 9.00. The monoisotopic (exact) mass is 266 g/mol.